The molecule has 1 aliphatic carbocycles. The fourth-order valence-electron chi connectivity index (χ4n) is 5.19. The highest BCUT2D eigenvalue weighted by Crippen LogP contribution is 2.39. The van der Waals surface area contributed by atoms with Crippen molar-refractivity contribution in [3.8, 4) is 11.5 Å². The molecule has 2 aliphatic rings. The molecule has 2 fully saturated rings. The Labute approximate surface area is 287 Å². The molecule has 0 amide bonds. The number of alkyl halides is 2. The maximum Gasteiger partial charge on any atom is 0.387 e. The van der Waals surface area contributed by atoms with Gasteiger partial charge in [0.25, 0.3) is 0 Å². The Morgan fingerprint density at radius 3 is 2.33 bits per heavy atom. The van der Waals surface area contributed by atoms with Gasteiger partial charge in [0, 0.05) is 39.5 Å². The lowest BCUT2D eigenvalue weighted by Crippen LogP contribution is -2.41. The van der Waals surface area contributed by atoms with E-state index in [1.165, 1.54) is 62.9 Å². The Morgan fingerprint density at radius 2 is 1.69 bits per heavy atom. The first-order valence-corrected chi connectivity index (χ1v) is 18.6. The summed E-state index contributed by atoms with van der Waals surface area (Å²) >= 11 is 12.8. The molecule has 3 aromatic rings. The van der Waals surface area contributed by atoms with Crippen molar-refractivity contribution in [2.45, 2.75) is 60.7 Å². The van der Waals surface area contributed by atoms with Crippen molar-refractivity contribution in [3.05, 3.63) is 76.0 Å². The second kappa shape index (κ2) is 14.8. The highest BCUT2D eigenvalue weighted by molar-refractivity contribution is 7.90. The van der Waals surface area contributed by atoms with Crippen LogP contribution in [-0.4, -0.2) is 76.3 Å². The third kappa shape index (κ3) is 8.20. The predicted molar refractivity (Wildman–Crippen MR) is 172 cm³/mol. The number of aromatic nitrogens is 1. The first-order valence-electron chi connectivity index (χ1n) is 14.9. The Morgan fingerprint density at radius 1 is 1.00 bits per heavy atom. The number of nitrogens with zero attached hydrogens (tertiary/aromatic N) is 3. The molecule has 0 N–H and O–H groups in total. The number of benzene rings is 2. The minimum atomic E-state index is -4.36. The summed E-state index contributed by atoms with van der Waals surface area (Å²) in [4.78, 5) is 17.3. The zero-order valence-electron chi connectivity index (χ0n) is 25.9. The first-order chi connectivity index (χ1) is 22.7. The normalized spacial score (nSPS) is 17.9. The lowest BCUT2D eigenvalue weighted by Gasteiger charge is -2.26. The lowest BCUT2D eigenvalue weighted by molar-refractivity contribution is -0.153. The molecule has 1 saturated heterocycles. The number of pyridine rings is 1. The summed E-state index contributed by atoms with van der Waals surface area (Å²) < 4.78 is 97.8. The SMILES string of the molecule is CN(C)S(=O)(=O)c1cccc(S(=O)(=O)N2CCCC2C(=O)OC(Cc2c(Cl)cncc2Cl)c2ccc(OC(F)F)c(OCC3CC3)c2)c1. The summed E-state index contributed by atoms with van der Waals surface area (Å²) in [6.45, 7) is -2.85. The van der Waals surface area contributed by atoms with E-state index in [2.05, 4.69) is 9.72 Å². The number of carbonyl (C=O) groups is 1. The first kappa shape index (κ1) is 36.2. The Hall–Kier alpha value is -3.08. The van der Waals surface area contributed by atoms with Crippen LogP contribution in [0.1, 0.15) is 42.9 Å². The minimum absolute atomic E-state index is 0.0156. The lowest BCUT2D eigenvalue weighted by atomic mass is 10.0. The van der Waals surface area contributed by atoms with E-state index in [1.54, 1.807) is 0 Å². The van der Waals surface area contributed by atoms with E-state index in [0.717, 1.165) is 27.5 Å². The van der Waals surface area contributed by atoms with Crippen molar-refractivity contribution in [1.82, 2.24) is 13.6 Å². The van der Waals surface area contributed by atoms with Crippen LogP contribution in [0.15, 0.2) is 64.6 Å². The summed E-state index contributed by atoms with van der Waals surface area (Å²) in [5, 5.41) is 0.369. The van der Waals surface area contributed by atoms with Crippen molar-refractivity contribution < 1.29 is 44.6 Å². The topological polar surface area (TPSA) is 132 Å². The number of rotatable bonds is 14. The van der Waals surface area contributed by atoms with E-state index in [0.29, 0.717) is 17.5 Å². The van der Waals surface area contributed by atoms with Gasteiger partial charge >= 0.3 is 12.6 Å². The summed E-state index contributed by atoms with van der Waals surface area (Å²) in [6, 6.07) is 7.80. The largest absolute Gasteiger partial charge is 0.489 e. The second-order valence-electron chi connectivity index (χ2n) is 11.6. The van der Waals surface area contributed by atoms with Crippen LogP contribution < -0.4 is 9.47 Å². The molecule has 0 radical (unpaired) electrons. The minimum Gasteiger partial charge on any atom is -0.489 e. The van der Waals surface area contributed by atoms with E-state index in [-0.39, 0.29) is 63.2 Å². The van der Waals surface area contributed by atoms with Crippen molar-refractivity contribution in [3.63, 3.8) is 0 Å². The number of halogens is 4. The number of esters is 1. The number of hydrogen-bond acceptors (Lipinski definition) is 9. The molecule has 2 unspecified atom stereocenters. The third-order valence-electron chi connectivity index (χ3n) is 7.99. The molecular weight excluding hydrogens is 715 g/mol. The van der Waals surface area contributed by atoms with Crippen LogP contribution >= 0.6 is 23.2 Å². The quantitative estimate of drug-likeness (QED) is 0.190. The van der Waals surface area contributed by atoms with Gasteiger partial charge in [0.05, 0.1) is 26.4 Å². The van der Waals surface area contributed by atoms with Gasteiger partial charge in [0.1, 0.15) is 12.1 Å². The van der Waals surface area contributed by atoms with Crippen LogP contribution in [-0.2, 0) is 36.0 Å². The Bertz CT molecular complexity index is 1860. The summed E-state index contributed by atoms with van der Waals surface area (Å²) in [7, 11) is -5.65. The molecule has 0 spiro atoms. The van der Waals surface area contributed by atoms with Gasteiger partial charge in [-0.3, -0.25) is 9.78 Å². The third-order valence-corrected chi connectivity index (χ3v) is 12.4. The van der Waals surface area contributed by atoms with E-state index in [9.17, 15) is 30.4 Å². The molecule has 1 aromatic heterocycles. The monoisotopic (exact) mass is 747 g/mol. The van der Waals surface area contributed by atoms with E-state index >= 15 is 0 Å². The zero-order valence-corrected chi connectivity index (χ0v) is 29.0. The summed E-state index contributed by atoms with van der Waals surface area (Å²) in [5.74, 6) is -0.779. The van der Waals surface area contributed by atoms with Gasteiger partial charge in [0.15, 0.2) is 11.5 Å². The van der Waals surface area contributed by atoms with Gasteiger partial charge in [-0.15, -0.1) is 0 Å². The molecule has 17 heteroatoms. The highest BCUT2D eigenvalue weighted by Gasteiger charge is 2.42. The van der Waals surface area contributed by atoms with E-state index in [4.69, 9.17) is 32.7 Å². The van der Waals surface area contributed by atoms with E-state index in [1.807, 2.05) is 0 Å². The molecular formula is C31H33Cl2F2N3O8S2. The maximum atomic E-state index is 13.8. The van der Waals surface area contributed by atoms with Gasteiger partial charge < -0.3 is 14.2 Å². The smallest absolute Gasteiger partial charge is 0.387 e. The van der Waals surface area contributed by atoms with Crippen LogP contribution in [0.2, 0.25) is 10.0 Å². The molecule has 5 rings (SSSR count). The average Bonchev–Trinajstić information content (AvgIpc) is 3.73. The zero-order chi connectivity index (χ0) is 34.8. The maximum absolute atomic E-state index is 13.8. The molecule has 260 valence electrons. The number of hydrogen-bond donors (Lipinski definition) is 0. The molecule has 2 heterocycles. The fraction of sp³-hybridized carbons (Fsp3) is 0.419. The predicted octanol–water partition coefficient (Wildman–Crippen LogP) is 5.71. The van der Waals surface area contributed by atoms with Crippen molar-refractivity contribution in [1.29, 1.82) is 0 Å². The van der Waals surface area contributed by atoms with Crippen LogP contribution in [0.5, 0.6) is 11.5 Å². The highest BCUT2D eigenvalue weighted by atomic mass is 35.5. The molecule has 48 heavy (non-hydrogen) atoms. The van der Waals surface area contributed by atoms with Crippen molar-refractivity contribution in [2.75, 3.05) is 27.2 Å². The second-order valence-corrected chi connectivity index (χ2v) is 16.4. The molecule has 0 bridgehead atoms. The van der Waals surface area contributed by atoms with Gasteiger partial charge in [-0.05, 0) is 73.1 Å². The fourth-order valence-corrected chi connectivity index (χ4v) is 8.43. The van der Waals surface area contributed by atoms with E-state index < -0.39 is 44.8 Å². The van der Waals surface area contributed by atoms with Crippen molar-refractivity contribution in [2.24, 2.45) is 5.92 Å². The molecule has 2 aromatic carbocycles. The van der Waals surface area contributed by atoms with Gasteiger partial charge in [-0.1, -0.05) is 35.3 Å². The van der Waals surface area contributed by atoms with Crippen LogP contribution in [0, 0.1) is 5.92 Å². The van der Waals surface area contributed by atoms with Crippen LogP contribution in [0.3, 0.4) is 0 Å². The average molecular weight is 749 g/mol. The van der Waals surface area contributed by atoms with Gasteiger partial charge in [-0.25, -0.2) is 21.1 Å². The number of ether oxygens (including phenoxy) is 3. The number of sulfonamides is 2. The number of carbonyl (C=O) groups excluding carboxylic acids is 1. The summed E-state index contributed by atoms with van der Waals surface area (Å²) in [6.07, 6.45) is 3.88. The Kier molecular flexibility index (Phi) is 11.2. The standard InChI is InChI=1S/C31H33Cl2F2N3O8S2/c1-37(2)47(40,41)21-5-3-6-22(14-21)48(42,43)38-12-4-7-26(38)30(39)45-28(15-23-24(32)16-36-17-25(23)33)20-10-11-27(46-31(34)35)29(13-20)44-18-19-8-9-19/h3,5-6,10-11,13-14,16-17,19,26,28,31H,4,7-9,12,15,18H2,1-2H3. The molecule has 1 aliphatic heterocycles. The molecule has 11 nitrogen and oxygen atoms in total. The molecule has 2 atom stereocenters. The van der Waals surface area contributed by atoms with Crippen LogP contribution in [0.4, 0.5) is 8.78 Å². The molecule has 1 saturated carbocycles. The van der Waals surface area contributed by atoms with Crippen LogP contribution in [0.25, 0.3) is 0 Å². The summed E-state index contributed by atoms with van der Waals surface area (Å²) in [5.41, 5.74) is 0.711. The van der Waals surface area contributed by atoms with Gasteiger partial charge in [0.2, 0.25) is 20.0 Å². The Balaban J connectivity index is 1.47. The van der Waals surface area contributed by atoms with Gasteiger partial charge in [-0.2, -0.15) is 13.1 Å². The van der Waals surface area contributed by atoms with Crippen molar-refractivity contribution >= 4 is 49.2 Å².